The van der Waals surface area contributed by atoms with Gasteiger partial charge < -0.3 is 14.6 Å². The van der Waals surface area contributed by atoms with Crippen LogP contribution in [0.2, 0.25) is 0 Å². The van der Waals surface area contributed by atoms with Crippen LogP contribution in [-0.2, 0) is 23.9 Å². The first-order valence-electron chi connectivity index (χ1n) is 25.0. The Labute approximate surface area is 348 Å². The highest BCUT2D eigenvalue weighted by molar-refractivity contribution is 5.73. The molecular weight excluding hydrogens is 697 g/mol. The van der Waals surface area contributed by atoms with Gasteiger partial charge in [-0.05, 0) is 57.8 Å². The summed E-state index contributed by atoms with van der Waals surface area (Å²) >= 11 is 0. The van der Waals surface area contributed by atoms with Crippen LogP contribution in [0, 0.1) is 11.8 Å². The zero-order valence-corrected chi connectivity index (χ0v) is 38.2. The van der Waals surface area contributed by atoms with Crippen LogP contribution >= 0.6 is 0 Å². The Kier molecular flexibility index (Phi) is 40.4. The summed E-state index contributed by atoms with van der Waals surface area (Å²) in [7, 11) is 0. The van der Waals surface area contributed by atoms with E-state index in [1.165, 1.54) is 116 Å². The van der Waals surface area contributed by atoms with E-state index < -0.39 is 18.2 Å². The lowest BCUT2D eigenvalue weighted by atomic mass is 9.93. The third kappa shape index (κ3) is 33.4. The number of aliphatic carboxylic acids is 1. The number of carbonyl (C=O) groups is 3. The van der Waals surface area contributed by atoms with Gasteiger partial charge in [0.2, 0.25) is 0 Å². The first kappa shape index (κ1) is 54.4. The van der Waals surface area contributed by atoms with E-state index in [2.05, 4.69) is 34.6 Å². The summed E-state index contributed by atoms with van der Waals surface area (Å²) in [6.45, 7) is 11.2. The third-order valence-electron chi connectivity index (χ3n) is 12.0. The number of ether oxygens (including phenoxy) is 2. The Morgan fingerprint density at radius 2 is 0.571 bits per heavy atom. The first-order chi connectivity index (χ1) is 27.3. The third-order valence-corrected chi connectivity index (χ3v) is 12.0. The van der Waals surface area contributed by atoms with E-state index >= 15 is 0 Å². The average Bonchev–Trinajstić information content (AvgIpc) is 3.18. The standard InChI is InChI=1S/C50H96O6/c1-6-11-16-21-25-32-39-44(37-30-19-14-9-4)49(53)55-46(41-34-27-23-18-13-8-3)47(42-35-28-24-29-36-43-48(51)52)56-50(54)45(38-31-20-15-10-5)40-33-26-22-17-12-7-2/h44-47H,6-43H2,1-5H3,(H,51,52)/t44?,45?,46-,47+/m0/s1. The minimum atomic E-state index is -0.735. The molecule has 0 saturated carbocycles. The minimum Gasteiger partial charge on any atom is -0.481 e. The van der Waals surface area contributed by atoms with Crippen LogP contribution in [0.4, 0.5) is 0 Å². The van der Waals surface area contributed by atoms with Gasteiger partial charge in [0.1, 0.15) is 12.2 Å². The Hall–Kier alpha value is -1.59. The van der Waals surface area contributed by atoms with Crippen LogP contribution in [0.15, 0.2) is 0 Å². The highest BCUT2D eigenvalue weighted by Crippen LogP contribution is 2.28. The fraction of sp³-hybridized carbons (Fsp3) is 0.940. The van der Waals surface area contributed by atoms with Crippen molar-refractivity contribution in [3.05, 3.63) is 0 Å². The number of esters is 2. The number of carboxylic acids is 1. The molecule has 0 aromatic carbocycles. The maximum Gasteiger partial charge on any atom is 0.309 e. The van der Waals surface area contributed by atoms with Gasteiger partial charge in [0.15, 0.2) is 0 Å². The maximum atomic E-state index is 14.2. The molecule has 0 amide bonds. The molecule has 0 aliphatic rings. The number of carbonyl (C=O) groups excluding carboxylic acids is 2. The Bertz CT molecular complexity index is 874. The van der Waals surface area contributed by atoms with Gasteiger partial charge in [-0.1, -0.05) is 214 Å². The smallest absolute Gasteiger partial charge is 0.309 e. The molecule has 0 radical (unpaired) electrons. The molecule has 2 unspecified atom stereocenters. The lowest BCUT2D eigenvalue weighted by molar-refractivity contribution is -0.175. The van der Waals surface area contributed by atoms with Crippen LogP contribution in [-0.4, -0.2) is 35.2 Å². The predicted molar refractivity (Wildman–Crippen MR) is 238 cm³/mol. The van der Waals surface area contributed by atoms with Gasteiger partial charge in [-0.3, -0.25) is 14.4 Å². The normalized spacial score (nSPS) is 13.7. The number of carboxylic acid groups (broad SMARTS) is 1. The maximum absolute atomic E-state index is 14.2. The second-order valence-electron chi connectivity index (χ2n) is 17.4. The molecule has 0 aliphatic carbocycles. The van der Waals surface area contributed by atoms with E-state index in [0.717, 1.165) is 109 Å². The molecule has 56 heavy (non-hydrogen) atoms. The van der Waals surface area contributed by atoms with E-state index in [9.17, 15) is 14.4 Å². The molecule has 0 fully saturated rings. The fourth-order valence-corrected chi connectivity index (χ4v) is 8.15. The van der Waals surface area contributed by atoms with Crippen molar-refractivity contribution in [2.45, 2.75) is 291 Å². The average molecular weight is 793 g/mol. The van der Waals surface area contributed by atoms with Gasteiger partial charge >= 0.3 is 17.9 Å². The molecule has 1 N–H and O–H groups in total. The number of hydrogen-bond donors (Lipinski definition) is 1. The van der Waals surface area contributed by atoms with Crippen molar-refractivity contribution in [1.82, 2.24) is 0 Å². The van der Waals surface area contributed by atoms with Crippen molar-refractivity contribution < 1.29 is 29.0 Å². The van der Waals surface area contributed by atoms with Gasteiger partial charge in [0.25, 0.3) is 0 Å². The lowest BCUT2D eigenvalue weighted by Crippen LogP contribution is -2.38. The van der Waals surface area contributed by atoms with Gasteiger partial charge in [-0.2, -0.15) is 0 Å². The molecule has 4 atom stereocenters. The van der Waals surface area contributed by atoms with Gasteiger partial charge in [-0.15, -0.1) is 0 Å². The molecule has 0 rings (SSSR count). The summed E-state index contributed by atoms with van der Waals surface area (Å²) in [6.07, 6.45) is 39.4. The first-order valence-corrected chi connectivity index (χ1v) is 25.0. The zero-order chi connectivity index (χ0) is 41.3. The van der Waals surface area contributed by atoms with Crippen LogP contribution in [0.5, 0.6) is 0 Å². The molecule has 0 saturated heterocycles. The summed E-state index contributed by atoms with van der Waals surface area (Å²) in [6, 6.07) is 0. The number of unbranched alkanes of at least 4 members (excludes halogenated alkanes) is 25. The largest absolute Gasteiger partial charge is 0.481 e. The van der Waals surface area contributed by atoms with Crippen molar-refractivity contribution >= 4 is 17.9 Å². The molecule has 6 nitrogen and oxygen atoms in total. The monoisotopic (exact) mass is 793 g/mol. The van der Waals surface area contributed by atoms with Gasteiger partial charge in [-0.25, -0.2) is 0 Å². The van der Waals surface area contributed by atoms with E-state index in [0.29, 0.717) is 12.8 Å². The van der Waals surface area contributed by atoms with E-state index in [1.54, 1.807) is 0 Å². The van der Waals surface area contributed by atoms with Crippen molar-refractivity contribution in [3.8, 4) is 0 Å². The minimum absolute atomic E-state index is 0.0658. The predicted octanol–water partition coefficient (Wildman–Crippen LogP) is 16.1. The van der Waals surface area contributed by atoms with Crippen molar-refractivity contribution in [2.75, 3.05) is 0 Å². The topological polar surface area (TPSA) is 89.9 Å². The molecular formula is C50H96O6. The lowest BCUT2D eigenvalue weighted by Gasteiger charge is -2.30. The van der Waals surface area contributed by atoms with Crippen LogP contribution in [0.1, 0.15) is 279 Å². The summed E-state index contributed by atoms with van der Waals surface area (Å²) in [5, 5.41) is 9.08. The highest BCUT2D eigenvalue weighted by Gasteiger charge is 2.33. The zero-order valence-electron chi connectivity index (χ0n) is 38.2. The molecule has 332 valence electrons. The second-order valence-corrected chi connectivity index (χ2v) is 17.4. The second kappa shape index (κ2) is 41.6. The summed E-state index contributed by atoms with van der Waals surface area (Å²) in [4.78, 5) is 39.5. The van der Waals surface area contributed by atoms with E-state index in [-0.39, 0.29) is 30.2 Å². The van der Waals surface area contributed by atoms with Crippen LogP contribution < -0.4 is 0 Å². The molecule has 6 heteroatoms. The summed E-state index contributed by atoms with van der Waals surface area (Å²) in [5.41, 5.74) is 0. The Balaban J connectivity index is 6.18. The van der Waals surface area contributed by atoms with Crippen molar-refractivity contribution in [2.24, 2.45) is 11.8 Å². The molecule has 0 aromatic heterocycles. The summed E-state index contributed by atoms with van der Waals surface area (Å²) in [5.74, 6) is -1.06. The fourth-order valence-electron chi connectivity index (χ4n) is 8.15. The molecule has 0 aromatic rings. The quantitative estimate of drug-likeness (QED) is 0.0488. The van der Waals surface area contributed by atoms with E-state index in [1.807, 2.05) is 0 Å². The highest BCUT2D eigenvalue weighted by atomic mass is 16.6. The number of hydrogen-bond acceptors (Lipinski definition) is 5. The number of rotatable bonds is 44. The van der Waals surface area contributed by atoms with Crippen LogP contribution in [0.25, 0.3) is 0 Å². The SMILES string of the molecule is CCCCCCCCC(CCCCCC)C(=O)O[C@@H](CCCCCCCC)[C@@H](CCCCCCCC(=O)O)OC(=O)C(CCCCCC)CCCCCCCC. The van der Waals surface area contributed by atoms with Crippen molar-refractivity contribution in [3.63, 3.8) is 0 Å². The molecule has 0 bridgehead atoms. The Morgan fingerprint density at radius 3 is 0.857 bits per heavy atom. The van der Waals surface area contributed by atoms with Gasteiger partial charge in [0, 0.05) is 6.42 Å². The molecule has 0 spiro atoms. The van der Waals surface area contributed by atoms with Gasteiger partial charge in [0.05, 0.1) is 11.8 Å². The molecule has 0 aliphatic heterocycles. The van der Waals surface area contributed by atoms with Crippen molar-refractivity contribution in [1.29, 1.82) is 0 Å². The van der Waals surface area contributed by atoms with Crippen LogP contribution in [0.3, 0.4) is 0 Å². The Morgan fingerprint density at radius 1 is 0.339 bits per heavy atom. The molecule has 0 heterocycles. The summed E-state index contributed by atoms with van der Waals surface area (Å²) < 4.78 is 13.2. The van der Waals surface area contributed by atoms with E-state index in [4.69, 9.17) is 14.6 Å².